The number of piperidine rings is 1. The Bertz CT molecular complexity index is 358. The molecule has 0 radical (unpaired) electrons. The summed E-state index contributed by atoms with van der Waals surface area (Å²) in [6.07, 6.45) is -1.63. The Morgan fingerprint density at radius 1 is 1.20 bits per heavy atom. The number of likely N-dealkylation sites (tertiary alicyclic amines) is 2. The number of hydrogen-bond acceptors (Lipinski definition) is 4. The van der Waals surface area contributed by atoms with Gasteiger partial charge >= 0.3 is 6.18 Å². The van der Waals surface area contributed by atoms with E-state index in [9.17, 15) is 13.2 Å². The molecule has 7 heteroatoms. The fourth-order valence-electron chi connectivity index (χ4n) is 3.04. The van der Waals surface area contributed by atoms with E-state index in [1.165, 1.54) is 6.07 Å². The molecule has 2 heterocycles. The summed E-state index contributed by atoms with van der Waals surface area (Å²) in [5, 5.41) is 8.64. The predicted molar refractivity (Wildman–Crippen MR) is 68.8 cm³/mol. The zero-order valence-electron chi connectivity index (χ0n) is 11.4. The van der Waals surface area contributed by atoms with Crippen molar-refractivity contribution in [3.63, 3.8) is 0 Å². The highest BCUT2D eigenvalue weighted by atomic mass is 19.4. The van der Waals surface area contributed by atoms with Crippen LogP contribution < -0.4 is 5.73 Å². The Labute approximate surface area is 117 Å². The van der Waals surface area contributed by atoms with E-state index in [0.29, 0.717) is 19.1 Å². The van der Waals surface area contributed by atoms with E-state index in [1.54, 1.807) is 4.90 Å². The van der Waals surface area contributed by atoms with Crippen LogP contribution in [0.25, 0.3) is 0 Å². The largest absolute Gasteiger partial charge is 0.405 e. The van der Waals surface area contributed by atoms with Crippen LogP contribution >= 0.6 is 0 Å². The lowest BCUT2D eigenvalue weighted by atomic mass is 10.0. The molecule has 0 aliphatic carbocycles. The molecule has 0 aromatic rings. The van der Waals surface area contributed by atoms with Crippen molar-refractivity contribution in [1.29, 1.82) is 5.26 Å². The van der Waals surface area contributed by atoms with Crippen molar-refractivity contribution in [2.24, 2.45) is 11.7 Å². The molecule has 0 amide bonds. The second kappa shape index (κ2) is 6.29. The molecule has 2 aliphatic rings. The summed E-state index contributed by atoms with van der Waals surface area (Å²) in [6.45, 7) is 2.93. The molecule has 0 spiro atoms. The first-order valence-electron chi connectivity index (χ1n) is 7.08. The topological polar surface area (TPSA) is 56.3 Å². The number of rotatable bonds is 3. The van der Waals surface area contributed by atoms with E-state index in [2.05, 4.69) is 4.90 Å². The Kier molecular flexibility index (Phi) is 4.89. The molecule has 2 aliphatic heterocycles. The van der Waals surface area contributed by atoms with E-state index in [0.717, 1.165) is 32.4 Å². The minimum Gasteiger partial charge on any atom is -0.328 e. The first-order chi connectivity index (χ1) is 9.40. The van der Waals surface area contributed by atoms with Crippen LogP contribution in [0.15, 0.2) is 0 Å². The molecule has 0 aromatic carbocycles. The van der Waals surface area contributed by atoms with Crippen molar-refractivity contribution in [1.82, 2.24) is 9.80 Å². The lowest BCUT2D eigenvalue weighted by Crippen LogP contribution is -2.46. The molecule has 114 valence electrons. The highest BCUT2D eigenvalue weighted by Crippen LogP contribution is 2.28. The fourth-order valence-corrected chi connectivity index (χ4v) is 3.04. The van der Waals surface area contributed by atoms with Gasteiger partial charge in [0.2, 0.25) is 0 Å². The standard InChI is InChI=1S/C13H21F3N4/c14-13(15,16)10(7-17)8-19-4-3-12(9-19)20-5-1-11(18)2-6-20/h10-12H,1-6,8-9,18H2. The number of nitrogens with two attached hydrogens (primary N) is 1. The first kappa shape index (κ1) is 15.5. The molecule has 0 aromatic heterocycles. The van der Waals surface area contributed by atoms with Gasteiger partial charge in [0.1, 0.15) is 0 Å². The zero-order valence-corrected chi connectivity index (χ0v) is 11.4. The first-order valence-corrected chi connectivity index (χ1v) is 7.08. The SMILES string of the molecule is N#CC(CN1CCC(N2CCC(N)CC2)C1)C(F)(F)F. The molecule has 2 unspecified atom stereocenters. The predicted octanol–water partition coefficient (Wildman–Crippen LogP) is 1.19. The van der Waals surface area contributed by atoms with Crippen LogP contribution in [0.3, 0.4) is 0 Å². The Morgan fingerprint density at radius 3 is 2.40 bits per heavy atom. The van der Waals surface area contributed by atoms with Gasteiger partial charge in [0.15, 0.2) is 5.92 Å². The molecule has 4 nitrogen and oxygen atoms in total. The number of alkyl halides is 3. The van der Waals surface area contributed by atoms with Gasteiger partial charge in [0, 0.05) is 25.2 Å². The van der Waals surface area contributed by atoms with Crippen molar-refractivity contribution >= 4 is 0 Å². The van der Waals surface area contributed by atoms with Gasteiger partial charge in [-0.05, 0) is 38.9 Å². The molecule has 2 atom stereocenters. The average molecular weight is 290 g/mol. The number of nitrogens with zero attached hydrogens (tertiary/aromatic N) is 3. The van der Waals surface area contributed by atoms with E-state index in [-0.39, 0.29) is 12.6 Å². The van der Waals surface area contributed by atoms with Crippen molar-refractivity contribution in [3.8, 4) is 6.07 Å². The summed E-state index contributed by atoms with van der Waals surface area (Å²) in [7, 11) is 0. The minimum atomic E-state index is -4.43. The third kappa shape index (κ3) is 3.84. The van der Waals surface area contributed by atoms with Crippen LogP contribution in [0.2, 0.25) is 0 Å². The van der Waals surface area contributed by atoms with Crippen LogP contribution in [-0.4, -0.2) is 60.8 Å². The maximum atomic E-state index is 12.6. The zero-order chi connectivity index (χ0) is 14.8. The third-order valence-electron chi connectivity index (χ3n) is 4.33. The second-order valence-electron chi connectivity index (χ2n) is 5.80. The van der Waals surface area contributed by atoms with Gasteiger partial charge in [0.25, 0.3) is 0 Å². The average Bonchev–Trinajstić information content (AvgIpc) is 2.84. The summed E-state index contributed by atoms with van der Waals surface area (Å²) < 4.78 is 37.8. The van der Waals surface area contributed by atoms with Crippen LogP contribution in [0.4, 0.5) is 13.2 Å². The van der Waals surface area contributed by atoms with E-state index < -0.39 is 12.1 Å². The Hall–Kier alpha value is -0.840. The van der Waals surface area contributed by atoms with Gasteiger partial charge in [-0.2, -0.15) is 18.4 Å². The smallest absolute Gasteiger partial charge is 0.328 e. The maximum absolute atomic E-state index is 12.6. The summed E-state index contributed by atoms with van der Waals surface area (Å²) in [4.78, 5) is 4.10. The summed E-state index contributed by atoms with van der Waals surface area (Å²) in [5.74, 6) is -1.88. The quantitative estimate of drug-likeness (QED) is 0.848. The second-order valence-corrected chi connectivity index (χ2v) is 5.80. The Morgan fingerprint density at radius 2 is 1.85 bits per heavy atom. The van der Waals surface area contributed by atoms with Crippen molar-refractivity contribution in [3.05, 3.63) is 0 Å². The summed E-state index contributed by atoms with van der Waals surface area (Å²) >= 11 is 0. The molecular weight excluding hydrogens is 269 g/mol. The van der Waals surface area contributed by atoms with Crippen LogP contribution in [0.1, 0.15) is 19.3 Å². The van der Waals surface area contributed by atoms with Crippen LogP contribution in [-0.2, 0) is 0 Å². The molecule has 2 rings (SSSR count). The van der Waals surface area contributed by atoms with E-state index in [4.69, 9.17) is 11.0 Å². The lowest BCUT2D eigenvalue weighted by molar-refractivity contribution is -0.162. The van der Waals surface area contributed by atoms with Gasteiger partial charge in [-0.1, -0.05) is 0 Å². The fraction of sp³-hybridized carbons (Fsp3) is 0.923. The third-order valence-corrected chi connectivity index (χ3v) is 4.33. The number of hydrogen-bond donors (Lipinski definition) is 1. The molecule has 20 heavy (non-hydrogen) atoms. The monoisotopic (exact) mass is 290 g/mol. The van der Waals surface area contributed by atoms with E-state index >= 15 is 0 Å². The maximum Gasteiger partial charge on any atom is 0.405 e. The van der Waals surface area contributed by atoms with Crippen molar-refractivity contribution < 1.29 is 13.2 Å². The number of nitriles is 1. The van der Waals surface area contributed by atoms with Crippen LogP contribution in [0, 0.1) is 17.2 Å². The highest BCUT2D eigenvalue weighted by Gasteiger charge is 2.42. The van der Waals surface area contributed by atoms with Crippen molar-refractivity contribution in [2.75, 3.05) is 32.7 Å². The van der Waals surface area contributed by atoms with Crippen LogP contribution in [0.5, 0.6) is 0 Å². The lowest BCUT2D eigenvalue weighted by Gasteiger charge is -2.34. The molecular formula is C13H21F3N4. The summed E-state index contributed by atoms with van der Waals surface area (Å²) in [5.41, 5.74) is 5.86. The molecule has 2 N–H and O–H groups in total. The molecule has 2 saturated heterocycles. The van der Waals surface area contributed by atoms with Gasteiger partial charge in [-0.25, -0.2) is 0 Å². The number of halogens is 3. The van der Waals surface area contributed by atoms with Gasteiger partial charge in [-0.15, -0.1) is 0 Å². The highest BCUT2D eigenvalue weighted by molar-refractivity contribution is 4.94. The molecule has 0 saturated carbocycles. The van der Waals surface area contributed by atoms with Gasteiger partial charge in [-0.3, -0.25) is 4.90 Å². The Balaban J connectivity index is 1.82. The van der Waals surface area contributed by atoms with Crippen molar-refractivity contribution in [2.45, 2.75) is 37.5 Å². The van der Waals surface area contributed by atoms with Gasteiger partial charge < -0.3 is 10.6 Å². The normalized spacial score (nSPS) is 28.4. The molecule has 0 bridgehead atoms. The molecule has 2 fully saturated rings. The van der Waals surface area contributed by atoms with Gasteiger partial charge in [0.05, 0.1) is 6.07 Å². The summed E-state index contributed by atoms with van der Waals surface area (Å²) in [6, 6.07) is 1.95. The minimum absolute atomic E-state index is 0.205. The van der Waals surface area contributed by atoms with E-state index in [1.807, 2.05) is 0 Å².